The van der Waals surface area contributed by atoms with Crippen molar-refractivity contribution in [2.75, 3.05) is 6.61 Å². The molecule has 0 saturated heterocycles. The average Bonchev–Trinajstić information content (AvgIpc) is 3.08. The zero-order chi connectivity index (χ0) is 14.3. The van der Waals surface area contributed by atoms with Gasteiger partial charge in [-0.2, -0.15) is 0 Å². The molecule has 0 spiro atoms. The van der Waals surface area contributed by atoms with Crippen molar-refractivity contribution in [3.63, 3.8) is 0 Å². The van der Waals surface area contributed by atoms with E-state index < -0.39 is 12.0 Å². The lowest BCUT2D eigenvalue weighted by Crippen LogP contribution is -2.37. The second kappa shape index (κ2) is 4.90. The van der Waals surface area contributed by atoms with Gasteiger partial charge >= 0.3 is 6.09 Å². The van der Waals surface area contributed by atoms with Crippen LogP contribution in [0.1, 0.15) is 45.4 Å². The number of fused-ring (bicyclic) bond motifs is 5. The Hall–Kier alpha value is -1.32. The number of imide groups is 1. The fraction of sp³-hybridized carbons (Fsp3) is 0.750. The summed E-state index contributed by atoms with van der Waals surface area (Å²) >= 11 is 0. The third-order valence-electron chi connectivity index (χ3n) is 5.74. The maximum absolute atomic E-state index is 11.7. The van der Waals surface area contributed by atoms with Gasteiger partial charge in [0.15, 0.2) is 0 Å². The van der Waals surface area contributed by atoms with E-state index in [1.54, 1.807) is 6.92 Å². The molecule has 4 heteroatoms. The number of carbonyl (C=O) groups is 2. The van der Waals surface area contributed by atoms with E-state index in [1.807, 2.05) is 0 Å². The molecule has 3 saturated carbocycles. The molecule has 0 aromatic carbocycles. The minimum atomic E-state index is -0.628. The van der Waals surface area contributed by atoms with E-state index in [9.17, 15) is 9.59 Å². The van der Waals surface area contributed by atoms with Gasteiger partial charge in [-0.25, -0.2) is 4.79 Å². The number of hydrogen-bond donors (Lipinski definition) is 1. The second-order valence-electron chi connectivity index (χ2n) is 6.88. The Bertz CT molecular complexity index is 459. The highest BCUT2D eigenvalue weighted by atomic mass is 16.5. The largest absolute Gasteiger partial charge is 0.449 e. The molecule has 4 nitrogen and oxygen atoms in total. The van der Waals surface area contributed by atoms with E-state index in [1.165, 1.54) is 38.5 Å². The number of nitrogens with one attached hydrogen (secondary N) is 1. The van der Waals surface area contributed by atoms with Crippen LogP contribution in [0.25, 0.3) is 0 Å². The quantitative estimate of drug-likeness (QED) is 0.807. The summed E-state index contributed by atoms with van der Waals surface area (Å²) in [6.07, 6.45) is 7.03. The van der Waals surface area contributed by atoms with Gasteiger partial charge in [0.25, 0.3) is 5.91 Å². The van der Waals surface area contributed by atoms with E-state index in [2.05, 4.69) is 11.9 Å². The van der Waals surface area contributed by atoms with Crippen molar-refractivity contribution in [3.8, 4) is 0 Å². The summed E-state index contributed by atoms with van der Waals surface area (Å²) in [6, 6.07) is 0. The first-order chi connectivity index (χ1) is 9.52. The Morgan fingerprint density at radius 3 is 2.90 bits per heavy atom. The first-order valence-corrected chi connectivity index (χ1v) is 7.65. The van der Waals surface area contributed by atoms with Crippen LogP contribution in [0.5, 0.6) is 0 Å². The number of amides is 2. The predicted octanol–water partition coefficient (Wildman–Crippen LogP) is 3.03. The summed E-state index contributed by atoms with van der Waals surface area (Å²) in [5.74, 6) is 2.01. The molecule has 1 N–H and O–H groups in total. The Labute approximate surface area is 119 Å². The van der Waals surface area contributed by atoms with E-state index in [0.717, 1.165) is 17.8 Å². The van der Waals surface area contributed by atoms with Crippen LogP contribution in [0.15, 0.2) is 12.2 Å². The first kappa shape index (κ1) is 13.7. The molecule has 0 heterocycles. The fourth-order valence-electron chi connectivity index (χ4n) is 4.90. The van der Waals surface area contributed by atoms with E-state index in [-0.39, 0.29) is 5.41 Å². The molecule has 0 aromatic heterocycles. The highest BCUT2D eigenvalue weighted by Crippen LogP contribution is 2.65. The normalized spacial score (nSPS) is 37.5. The van der Waals surface area contributed by atoms with Crippen LogP contribution in [0.4, 0.5) is 4.79 Å². The van der Waals surface area contributed by atoms with Crippen molar-refractivity contribution < 1.29 is 14.3 Å². The van der Waals surface area contributed by atoms with E-state index in [4.69, 9.17) is 4.74 Å². The molecule has 0 aromatic rings. The Morgan fingerprint density at radius 1 is 1.35 bits per heavy atom. The van der Waals surface area contributed by atoms with Crippen LogP contribution in [-0.2, 0) is 9.53 Å². The lowest BCUT2D eigenvalue weighted by Gasteiger charge is -2.35. The highest BCUT2D eigenvalue weighted by Gasteiger charge is 2.59. The highest BCUT2D eigenvalue weighted by molar-refractivity contribution is 6.01. The average molecular weight is 277 g/mol. The van der Waals surface area contributed by atoms with Gasteiger partial charge in [0.2, 0.25) is 0 Å². The van der Waals surface area contributed by atoms with Gasteiger partial charge in [0.1, 0.15) is 0 Å². The van der Waals surface area contributed by atoms with Crippen molar-refractivity contribution in [1.82, 2.24) is 5.32 Å². The Morgan fingerprint density at radius 2 is 2.15 bits per heavy atom. The molecule has 4 unspecified atom stereocenters. The molecular formula is C16H23NO3. The third-order valence-corrected chi connectivity index (χ3v) is 5.74. The van der Waals surface area contributed by atoms with Crippen LogP contribution in [0.2, 0.25) is 0 Å². The van der Waals surface area contributed by atoms with Crippen molar-refractivity contribution in [2.45, 2.75) is 45.4 Å². The molecule has 2 bridgehead atoms. The van der Waals surface area contributed by atoms with Gasteiger partial charge in [-0.05, 0) is 56.8 Å². The summed E-state index contributed by atoms with van der Waals surface area (Å²) in [7, 11) is 0. The van der Waals surface area contributed by atoms with E-state index in [0.29, 0.717) is 12.2 Å². The minimum absolute atomic E-state index is 0.204. The van der Waals surface area contributed by atoms with Crippen molar-refractivity contribution in [3.05, 3.63) is 12.2 Å². The van der Waals surface area contributed by atoms with Gasteiger partial charge in [0, 0.05) is 11.0 Å². The number of alkyl carbamates (subject to hydrolysis) is 1. The van der Waals surface area contributed by atoms with Crippen LogP contribution in [0.3, 0.4) is 0 Å². The molecular weight excluding hydrogens is 254 g/mol. The van der Waals surface area contributed by atoms with Gasteiger partial charge < -0.3 is 4.74 Å². The second-order valence-corrected chi connectivity index (χ2v) is 6.88. The standard InChI is InChI=1S/C16H23NO3/c1-10(2)14(18)17-15(19)20-9-16-7-6-11(8-16)12-4-3-5-13(12)16/h11-13H,1,3-9H2,2H3,(H,17,18,19). The fourth-order valence-corrected chi connectivity index (χ4v) is 4.90. The number of hydrogen-bond acceptors (Lipinski definition) is 3. The first-order valence-electron chi connectivity index (χ1n) is 7.65. The van der Waals surface area contributed by atoms with Crippen molar-refractivity contribution in [1.29, 1.82) is 0 Å². The number of carbonyl (C=O) groups excluding carboxylic acids is 2. The molecule has 2 amide bonds. The molecule has 0 radical (unpaired) electrons. The lowest BCUT2D eigenvalue weighted by molar-refractivity contribution is -0.116. The summed E-state index contributed by atoms with van der Waals surface area (Å²) in [5, 5.41) is 2.22. The smallest absolute Gasteiger partial charge is 0.414 e. The molecule has 20 heavy (non-hydrogen) atoms. The maximum atomic E-state index is 11.7. The summed E-state index contributed by atoms with van der Waals surface area (Å²) in [6.45, 7) is 5.55. The molecule has 3 aliphatic rings. The zero-order valence-corrected chi connectivity index (χ0v) is 12.1. The summed E-state index contributed by atoms with van der Waals surface area (Å²) in [4.78, 5) is 23.1. The van der Waals surface area contributed by atoms with Gasteiger partial charge in [-0.15, -0.1) is 0 Å². The Kier molecular flexibility index (Phi) is 3.35. The zero-order valence-electron chi connectivity index (χ0n) is 12.1. The number of rotatable bonds is 3. The number of ether oxygens (including phenoxy) is 1. The maximum Gasteiger partial charge on any atom is 0.414 e. The van der Waals surface area contributed by atoms with Gasteiger partial charge in [0.05, 0.1) is 6.61 Å². The van der Waals surface area contributed by atoms with Crippen molar-refractivity contribution in [2.24, 2.45) is 23.2 Å². The monoisotopic (exact) mass is 277 g/mol. The molecule has 0 aliphatic heterocycles. The Balaban J connectivity index is 1.57. The molecule has 3 fully saturated rings. The lowest BCUT2D eigenvalue weighted by atomic mass is 9.72. The molecule has 3 rings (SSSR count). The molecule has 110 valence electrons. The third kappa shape index (κ3) is 2.15. The van der Waals surface area contributed by atoms with Crippen LogP contribution < -0.4 is 5.32 Å². The summed E-state index contributed by atoms with van der Waals surface area (Å²) in [5.41, 5.74) is 0.521. The minimum Gasteiger partial charge on any atom is -0.449 e. The van der Waals surface area contributed by atoms with Crippen LogP contribution >= 0.6 is 0 Å². The van der Waals surface area contributed by atoms with Crippen molar-refractivity contribution >= 4 is 12.0 Å². The SMILES string of the molecule is C=C(C)C(=O)NC(=O)OCC12CCC(C1)C1CCCC12. The van der Waals surface area contributed by atoms with E-state index >= 15 is 0 Å². The van der Waals surface area contributed by atoms with Gasteiger partial charge in [-0.3, -0.25) is 10.1 Å². The summed E-state index contributed by atoms with van der Waals surface area (Å²) < 4.78 is 5.36. The van der Waals surface area contributed by atoms with Crippen LogP contribution in [-0.4, -0.2) is 18.6 Å². The van der Waals surface area contributed by atoms with Gasteiger partial charge in [-0.1, -0.05) is 13.0 Å². The topological polar surface area (TPSA) is 55.4 Å². The molecule has 4 atom stereocenters. The van der Waals surface area contributed by atoms with Crippen LogP contribution in [0, 0.1) is 23.2 Å². The molecule has 3 aliphatic carbocycles. The predicted molar refractivity (Wildman–Crippen MR) is 74.9 cm³/mol.